The number of nitrogen functional groups attached to an aromatic ring is 1. The second-order valence-electron chi connectivity index (χ2n) is 4.96. The van der Waals surface area contributed by atoms with E-state index in [1.54, 1.807) is 12.1 Å². The first-order valence-corrected chi connectivity index (χ1v) is 6.71. The molecule has 1 saturated carbocycles. The number of rotatable bonds is 6. The summed E-state index contributed by atoms with van der Waals surface area (Å²) in [6, 6.07) is 5.82. The number of nitrogens with zero attached hydrogens (tertiary/aromatic N) is 1. The van der Waals surface area contributed by atoms with E-state index in [1.807, 2.05) is 6.07 Å². The number of benzene rings is 1. The third-order valence-electron chi connectivity index (χ3n) is 3.73. The van der Waals surface area contributed by atoms with Crippen LogP contribution in [0.4, 0.5) is 11.4 Å². The molecule has 0 saturated heterocycles. The van der Waals surface area contributed by atoms with Gasteiger partial charge in [-0.3, -0.25) is 4.79 Å². The van der Waals surface area contributed by atoms with Crippen LogP contribution in [0.15, 0.2) is 18.2 Å². The van der Waals surface area contributed by atoms with Crippen LogP contribution in [-0.2, 0) is 0 Å². The number of amides is 1. The van der Waals surface area contributed by atoms with E-state index in [1.165, 1.54) is 6.42 Å². The minimum atomic E-state index is -0.505. The highest BCUT2D eigenvalue weighted by Gasteiger charge is 2.26. The van der Waals surface area contributed by atoms with Crippen LogP contribution in [0, 0.1) is 0 Å². The highest BCUT2D eigenvalue weighted by atomic mass is 16.3. The van der Waals surface area contributed by atoms with Crippen molar-refractivity contribution in [3.8, 4) is 0 Å². The van der Waals surface area contributed by atoms with Crippen LogP contribution in [0.25, 0.3) is 0 Å². The summed E-state index contributed by atoms with van der Waals surface area (Å²) in [6.45, 7) is 0.895. The Labute approximate surface area is 113 Å². The lowest BCUT2D eigenvalue weighted by atomic mass is 9.90. The van der Waals surface area contributed by atoms with Gasteiger partial charge in [0.2, 0.25) is 0 Å². The highest BCUT2D eigenvalue weighted by molar-refractivity contribution is 6.00. The zero-order valence-corrected chi connectivity index (χ0v) is 11.0. The maximum Gasteiger partial charge on any atom is 0.250 e. The quantitative estimate of drug-likeness (QED) is 0.670. The van der Waals surface area contributed by atoms with Gasteiger partial charge in [0.25, 0.3) is 5.91 Å². The third kappa shape index (κ3) is 2.81. The van der Waals surface area contributed by atoms with E-state index in [0.717, 1.165) is 25.1 Å². The topological polar surface area (TPSA) is 92.6 Å². The standard InChI is InChI=1S/C14H21N3O2/c15-13-11(14(16)19)6-2-7-12(13)17(8-3-9-18)10-4-1-5-10/h2,6-7,10,18H,1,3-5,8-9,15H2,(H2,16,19). The molecule has 1 aliphatic carbocycles. The minimum Gasteiger partial charge on any atom is -0.396 e. The number of para-hydroxylation sites is 1. The highest BCUT2D eigenvalue weighted by Crippen LogP contribution is 2.34. The van der Waals surface area contributed by atoms with Gasteiger partial charge >= 0.3 is 0 Å². The molecule has 0 heterocycles. The lowest BCUT2D eigenvalue weighted by Crippen LogP contribution is -2.41. The zero-order chi connectivity index (χ0) is 13.8. The summed E-state index contributed by atoms with van der Waals surface area (Å²) < 4.78 is 0. The Morgan fingerprint density at radius 3 is 2.68 bits per heavy atom. The van der Waals surface area contributed by atoms with Gasteiger partial charge in [0.1, 0.15) is 0 Å². The van der Waals surface area contributed by atoms with E-state index in [-0.39, 0.29) is 6.61 Å². The van der Waals surface area contributed by atoms with Gasteiger partial charge < -0.3 is 21.5 Å². The van der Waals surface area contributed by atoms with Crippen LogP contribution >= 0.6 is 0 Å². The van der Waals surface area contributed by atoms with Crippen LogP contribution in [0.3, 0.4) is 0 Å². The number of primary amides is 1. The first-order chi connectivity index (χ1) is 9.15. The Bertz CT molecular complexity index is 458. The number of nitrogens with two attached hydrogens (primary N) is 2. The van der Waals surface area contributed by atoms with E-state index in [9.17, 15) is 4.79 Å². The van der Waals surface area contributed by atoms with E-state index >= 15 is 0 Å². The molecule has 2 rings (SSSR count). The third-order valence-corrected chi connectivity index (χ3v) is 3.73. The second kappa shape index (κ2) is 5.93. The fraction of sp³-hybridized carbons (Fsp3) is 0.500. The van der Waals surface area contributed by atoms with Crippen LogP contribution in [-0.4, -0.2) is 30.2 Å². The first kappa shape index (κ1) is 13.7. The molecular weight excluding hydrogens is 242 g/mol. The van der Waals surface area contributed by atoms with Crippen molar-refractivity contribution < 1.29 is 9.90 Å². The van der Waals surface area contributed by atoms with Crippen molar-refractivity contribution in [1.82, 2.24) is 0 Å². The van der Waals surface area contributed by atoms with Crippen molar-refractivity contribution >= 4 is 17.3 Å². The minimum absolute atomic E-state index is 0.151. The van der Waals surface area contributed by atoms with Gasteiger partial charge in [0.15, 0.2) is 0 Å². The predicted molar refractivity (Wildman–Crippen MR) is 76.1 cm³/mol. The Hall–Kier alpha value is -1.75. The molecule has 0 aromatic heterocycles. The maximum atomic E-state index is 11.3. The fourth-order valence-electron chi connectivity index (χ4n) is 2.46. The number of carbonyl (C=O) groups excluding carboxylic acids is 1. The van der Waals surface area contributed by atoms with Gasteiger partial charge in [-0.25, -0.2) is 0 Å². The number of aliphatic hydroxyl groups excluding tert-OH is 1. The van der Waals surface area contributed by atoms with Crippen molar-refractivity contribution in [3.63, 3.8) is 0 Å². The van der Waals surface area contributed by atoms with Gasteiger partial charge in [-0.2, -0.15) is 0 Å². The van der Waals surface area contributed by atoms with E-state index in [0.29, 0.717) is 23.7 Å². The summed E-state index contributed by atoms with van der Waals surface area (Å²) in [5.74, 6) is -0.505. The molecule has 0 spiro atoms. The van der Waals surface area contributed by atoms with Gasteiger partial charge in [0.05, 0.1) is 16.9 Å². The smallest absolute Gasteiger partial charge is 0.250 e. The van der Waals surface area contributed by atoms with Gasteiger partial charge in [0, 0.05) is 19.2 Å². The molecule has 19 heavy (non-hydrogen) atoms. The summed E-state index contributed by atoms with van der Waals surface area (Å²) in [6.07, 6.45) is 4.17. The Morgan fingerprint density at radius 2 is 2.16 bits per heavy atom. The van der Waals surface area contributed by atoms with Crippen molar-refractivity contribution in [1.29, 1.82) is 0 Å². The molecule has 0 atom stereocenters. The molecule has 0 aliphatic heterocycles. The van der Waals surface area contributed by atoms with E-state index in [4.69, 9.17) is 16.6 Å². The monoisotopic (exact) mass is 263 g/mol. The molecule has 1 aliphatic rings. The average Bonchev–Trinajstić information content (AvgIpc) is 2.32. The largest absolute Gasteiger partial charge is 0.396 e. The molecule has 0 bridgehead atoms. The van der Waals surface area contributed by atoms with Gasteiger partial charge in [-0.1, -0.05) is 6.07 Å². The summed E-state index contributed by atoms with van der Waals surface area (Å²) in [5, 5.41) is 9.01. The normalized spacial score (nSPS) is 15.0. The molecule has 1 aromatic carbocycles. The Morgan fingerprint density at radius 1 is 1.42 bits per heavy atom. The molecule has 5 heteroatoms. The van der Waals surface area contributed by atoms with Gasteiger partial charge in [-0.15, -0.1) is 0 Å². The maximum absolute atomic E-state index is 11.3. The Balaban J connectivity index is 2.29. The fourth-order valence-corrected chi connectivity index (χ4v) is 2.46. The summed E-state index contributed by atoms with van der Waals surface area (Å²) >= 11 is 0. The van der Waals surface area contributed by atoms with E-state index < -0.39 is 5.91 Å². The average molecular weight is 263 g/mol. The molecule has 1 amide bonds. The molecule has 0 unspecified atom stereocenters. The lowest BCUT2D eigenvalue weighted by molar-refractivity contribution is 0.100. The number of hydrogen-bond acceptors (Lipinski definition) is 4. The molecule has 1 aromatic rings. The van der Waals surface area contributed by atoms with Crippen LogP contribution < -0.4 is 16.4 Å². The SMILES string of the molecule is NC(=O)c1cccc(N(CCCO)C2CCC2)c1N. The molecular formula is C14H21N3O2. The van der Waals surface area contributed by atoms with Crippen LogP contribution in [0.5, 0.6) is 0 Å². The van der Waals surface area contributed by atoms with Gasteiger partial charge in [-0.05, 0) is 37.8 Å². The number of anilines is 2. The zero-order valence-electron chi connectivity index (χ0n) is 11.0. The molecule has 5 N–H and O–H groups in total. The summed E-state index contributed by atoms with van der Waals surface area (Å²) in [7, 11) is 0. The summed E-state index contributed by atoms with van der Waals surface area (Å²) in [5.41, 5.74) is 13.1. The van der Waals surface area contributed by atoms with E-state index in [2.05, 4.69) is 4.90 Å². The molecule has 5 nitrogen and oxygen atoms in total. The number of hydrogen-bond donors (Lipinski definition) is 3. The summed E-state index contributed by atoms with van der Waals surface area (Å²) in [4.78, 5) is 13.5. The molecule has 0 radical (unpaired) electrons. The van der Waals surface area contributed by atoms with Crippen molar-refractivity contribution in [3.05, 3.63) is 23.8 Å². The number of aliphatic hydroxyl groups is 1. The predicted octanol–water partition coefficient (Wildman–Crippen LogP) is 1.11. The lowest BCUT2D eigenvalue weighted by Gasteiger charge is -2.40. The molecule has 104 valence electrons. The number of carbonyl (C=O) groups is 1. The van der Waals surface area contributed by atoms with Crippen molar-refractivity contribution in [2.75, 3.05) is 23.8 Å². The molecule has 1 fully saturated rings. The van der Waals surface area contributed by atoms with Crippen molar-refractivity contribution in [2.24, 2.45) is 5.73 Å². The van der Waals surface area contributed by atoms with Crippen LogP contribution in [0.2, 0.25) is 0 Å². The van der Waals surface area contributed by atoms with Crippen LogP contribution in [0.1, 0.15) is 36.0 Å². The van der Waals surface area contributed by atoms with Crippen molar-refractivity contribution in [2.45, 2.75) is 31.7 Å². The second-order valence-corrected chi connectivity index (χ2v) is 4.96. The Kier molecular flexibility index (Phi) is 4.27. The first-order valence-electron chi connectivity index (χ1n) is 6.71.